The number of rotatable bonds is 3. The monoisotopic (exact) mass is 264 g/mol. The van der Waals surface area contributed by atoms with Crippen LogP contribution in [0.15, 0.2) is 6.07 Å². The van der Waals surface area contributed by atoms with E-state index >= 15 is 0 Å². The second-order valence-corrected chi connectivity index (χ2v) is 4.39. The molecule has 1 saturated heterocycles. The summed E-state index contributed by atoms with van der Waals surface area (Å²) in [6.45, 7) is 1.80. The van der Waals surface area contributed by atoms with Gasteiger partial charge in [-0.1, -0.05) is 0 Å². The molecule has 4 N–H and O–H groups in total. The summed E-state index contributed by atoms with van der Waals surface area (Å²) in [7, 11) is 1.48. The van der Waals surface area contributed by atoms with Crippen molar-refractivity contribution in [2.24, 2.45) is 5.84 Å². The average molecular weight is 264 g/mol. The Morgan fingerprint density at radius 2 is 2.16 bits per heavy atom. The molecule has 0 aromatic carbocycles. The smallest absolute Gasteiger partial charge is 0.251 e. The molecule has 1 aliphatic heterocycles. The molecule has 8 nitrogen and oxygen atoms in total. The molecule has 102 valence electrons. The summed E-state index contributed by atoms with van der Waals surface area (Å²) in [5.41, 5.74) is 3.08. The number of carbonyl (C=O) groups is 2. The number of hydrogen-bond acceptors (Lipinski definition) is 7. The highest BCUT2D eigenvalue weighted by Crippen LogP contribution is 2.17. The standard InChI is InChI=1S/C11H16N6O2/c1-6-5-8(15-11(13-6)16-12)14-7-3-4-9(18)17(2)10(7)19/h5,7H,3-4,12H2,1-2H3,(H2,13,14,15,16). The molecular weight excluding hydrogens is 248 g/mol. The number of aryl methyl sites for hydroxylation is 1. The first-order chi connectivity index (χ1) is 9.01. The van der Waals surface area contributed by atoms with E-state index in [9.17, 15) is 9.59 Å². The topological polar surface area (TPSA) is 113 Å². The zero-order valence-electron chi connectivity index (χ0n) is 10.8. The van der Waals surface area contributed by atoms with Gasteiger partial charge in [0.05, 0.1) is 0 Å². The number of carbonyl (C=O) groups excluding carboxylic acids is 2. The zero-order chi connectivity index (χ0) is 14.0. The molecule has 1 atom stereocenters. The van der Waals surface area contributed by atoms with Crippen LogP contribution in [-0.4, -0.2) is 39.8 Å². The predicted octanol–water partition coefficient (Wildman–Crippen LogP) is -0.370. The number of amides is 2. The number of nitrogens with two attached hydrogens (primary N) is 1. The first-order valence-electron chi connectivity index (χ1n) is 5.90. The molecule has 1 fully saturated rings. The lowest BCUT2D eigenvalue weighted by molar-refractivity contribution is -0.146. The summed E-state index contributed by atoms with van der Waals surface area (Å²) in [6.07, 6.45) is 0.794. The fourth-order valence-electron chi connectivity index (χ4n) is 1.94. The molecule has 2 rings (SSSR count). The van der Waals surface area contributed by atoms with E-state index in [2.05, 4.69) is 20.7 Å². The fraction of sp³-hybridized carbons (Fsp3) is 0.455. The summed E-state index contributed by atoms with van der Waals surface area (Å²) in [4.78, 5) is 32.6. The van der Waals surface area contributed by atoms with Gasteiger partial charge >= 0.3 is 0 Å². The molecule has 0 bridgehead atoms. The maximum atomic E-state index is 11.9. The molecule has 1 aliphatic rings. The van der Waals surface area contributed by atoms with Crippen molar-refractivity contribution in [3.63, 3.8) is 0 Å². The molecule has 0 radical (unpaired) electrons. The van der Waals surface area contributed by atoms with E-state index in [-0.39, 0.29) is 17.8 Å². The molecule has 0 aliphatic carbocycles. The van der Waals surface area contributed by atoms with Crippen LogP contribution in [0, 0.1) is 6.92 Å². The summed E-state index contributed by atoms with van der Waals surface area (Å²) in [5.74, 6) is 5.62. The van der Waals surface area contributed by atoms with Crippen LogP contribution in [0.2, 0.25) is 0 Å². The molecule has 2 heterocycles. The average Bonchev–Trinajstić information content (AvgIpc) is 2.39. The largest absolute Gasteiger partial charge is 0.358 e. The Morgan fingerprint density at radius 3 is 2.84 bits per heavy atom. The second-order valence-electron chi connectivity index (χ2n) is 4.39. The number of likely N-dealkylation sites (N-methyl/N-ethyl adjacent to an activating group) is 1. The fourth-order valence-corrected chi connectivity index (χ4v) is 1.94. The first-order valence-corrected chi connectivity index (χ1v) is 5.90. The van der Waals surface area contributed by atoms with Crippen molar-refractivity contribution in [3.05, 3.63) is 11.8 Å². The van der Waals surface area contributed by atoms with Gasteiger partial charge in [-0.05, 0) is 13.3 Å². The van der Waals surface area contributed by atoms with Crippen molar-refractivity contribution in [1.29, 1.82) is 0 Å². The number of hydrogen-bond donors (Lipinski definition) is 3. The third-order valence-corrected chi connectivity index (χ3v) is 2.96. The zero-order valence-corrected chi connectivity index (χ0v) is 10.8. The SMILES string of the molecule is Cc1cc(NC2CCC(=O)N(C)C2=O)nc(NN)n1. The van der Waals surface area contributed by atoms with Crippen LogP contribution in [0.3, 0.4) is 0 Å². The lowest BCUT2D eigenvalue weighted by Gasteiger charge is -2.28. The van der Waals surface area contributed by atoms with Crippen LogP contribution >= 0.6 is 0 Å². The van der Waals surface area contributed by atoms with E-state index < -0.39 is 6.04 Å². The van der Waals surface area contributed by atoms with E-state index in [1.165, 1.54) is 7.05 Å². The van der Waals surface area contributed by atoms with Crippen LogP contribution in [0.1, 0.15) is 18.5 Å². The van der Waals surface area contributed by atoms with Crippen LogP contribution in [-0.2, 0) is 9.59 Å². The van der Waals surface area contributed by atoms with E-state index in [1.54, 1.807) is 13.0 Å². The van der Waals surface area contributed by atoms with Gasteiger partial charge in [0.15, 0.2) is 0 Å². The number of hydrazine groups is 1. The number of likely N-dealkylation sites (tertiary alicyclic amines) is 1. The van der Waals surface area contributed by atoms with Crippen molar-refractivity contribution >= 4 is 23.6 Å². The van der Waals surface area contributed by atoms with Crippen LogP contribution in [0.25, 0.3) is 0 Å². The summed E-state index contributed by atoms with van der Waals surface area (Å²) < 4.78 is 0. The van der Waals surface area contributed by atoms with Gasteiger partial charge in [0, 0.05) is 25.2 Å². The van der Waals surface area contributed by atoms with Gasteiger partial charge in [0.2, 0.25) is 11.9 Å². The van der Waals surface area contributed by atoms with Crippen molar-refractivity contribution in [3.8, 4) is 0 Å². The number of imide groups is 1. The summed E-state index contributed by atoms with van der Waals surface area (Å²) >= 11 is 0. The van der Waals surface area contributed by atoms with E-state index in [1.807, 2.05) is 0 Å². The highest BCUT2D eigenvalue weighted by molar-refractivity contribution is 6.01. The lowest BCUT2D eigenvalue weighted by atomic mass is 10.0. The number of aromatic nitrogens is 2. The van der Waals surface area contributed by atoms with Crippen molar-refractivity contribution < 1.29 is 9.59 Å². The molecule has 1 unspecified atom stereocenters. The minimum absolute atomic E-state index is 0.161. The summed E-state index contributed by atoms with van der Waals surface area (Å²) in [5, 5.41) is 3.01. The molecule has 1 aromatic heterocycles. The molecule has 8 heteroatoms. The van der Waals surface area contributed by atoms with Crippen LogP contribution in [0.4, 0.5) is 11.8 Å². The van der Waals surface area contributed by atoms with E-state index in [0.717, 1.165) is 10.6 Å². The number of nitrogens with zero attached hydrogens (tertiary/aromatic N) is 3. The third kappa shape index (κ3) is 2.79. The molecule has 1 aromatic rings. The molecule has 0 saturated carbocycles. The van der Waals surface area contributed by atoms with Gasteiger partial charge in [-0.3, -0.25) is 19.9 Å². The maximum absolute atomic E-state index is 11.9. The van der Waals surface area contributed by atoms with Crippen molar-refractivity contribution in [1.82, 2.24) is 14.9 Å². The highest BCUT2D eigenvalue weighted by atomic mass is 16.2. The lowest BCUT2D eigenvalue weighted by Crippen LogP contribution is -2.48. The number of anilines is 2. The Hall–Kier alpha value is -2.22. The Morgan fingerprint density at radius 1 is 1.42 bits per heavy atom. The van der Waals surface area contributed by atoms with Gasteiger partial charge in [-0.15, -0.1) is 0 Å². The number of nitrogen functional groups attached to an aromatic ring is 1. The normalized spacial score (nSPS) is 19.5. The minimum Gasteiger partial charge on any atom is -0.358 e. The Labute approximate surface area is 110 Å². The quantitative estimate of drug-likeness (QED) is 0.388. The van der Waals surface area contributed by atoms with Crippen molar-refractivity contribution in [2.75, 3.05) is 17.8 Å². The van der Waals surface area contributed by atoms with Gasteiger partial charge in [-0.2, -0.15) is 4.98 Å². The number of piperidine rings is 1. The van der Waals surface area contributed by atoms with Gasteiger partial charge in [-0.25, -0.2) is 10.8 Å². The second kappa shape index (κ2) is 5.19. The Kier molecular flexibility index (Phi) is 3.61. The van der Waals surface area contributed by atoms with Gasteiger partial charge in [0.25, 0.3) is 5.91 Å². The molecule has 0 spiro atoms. The Bertz CT molecular complexity index is 518. The first kappa shape index (κ1) is 13.2. The molecular formula is C11H16N6O2. The Balaban J connectivity index is 2.15. The third-order valence-electron chi connectivity index (χ3n) is 2.96. The summed E-state index contributed by atoms with van der Waals surface area (Å²) in [6, 6.07) is 1.26. The van der Waals surface area contributed by atoms with Gasteiger partial charge < -0.3 is 5.32 Å². The predicted molar refractivity (Wildman–Crippen MR) is 69.0 cm³/mol. The minimum atomic E-state index is -0.456. The molecule has 2 amide bonds. The highest BCUT2D eigenvalue weighted by Gasteiger charge is 2.31. The van der Waals surface area contributed by atoms with E-state index in [0.29, 0.717) is 18.7 Å². The van der Waals surface area contributed by atoms with Crippen molar-refractivity contribution in [2.45, 2.75) is 25.8 Å². The number of nitrogens with one attached hydrogen (secondary N) is 2. The van der Waals surface area contributed by atoms with E-state index in [4.69, 9.17) is 5.84 Å². The van der Waals surface area contributed by atoms with Gasteiger partial charge in [0.1, 0.15) is 11.9 Å². The molecule has 19 heavy (non-hydrogen) atoms. The van der Waals surface area contributed by atoms with Crippen LogP contribution in [0.5, 0.6) is 0 Å². The maximum Gasteiger partial charge on any atom is 0.251 e. The van der Waals surface area contributed by atoms with Crippen LogP contribution < -0.4 is 16.6 Å².